The monoisotopic (exact) mass is 282 g/mol. The quantitative estimate of drug-likeness (QED) is 0.763. The van der Waals surface area contributed by atoms with Crippen molar-refractivity contribution in [1.29, 1.82) is 0 Å². The number of carboxylic acids is 1. The van der Waals surface area contributed by atoms with Gasteiger partial charge in [-0.2, -0.15) is 0 Å². The molecule has 1 aliphatic rings. The predicted octanol–water partition coefficient (Wildman–Crippen LogP) is 0.994. The molecule has 1 heterocycles. The van der Waals surface area contributed by atoms with Crippen LogP contribution in [0.4, 0.5) is 5.69 Å². The topological polar surface area (TPSA) is 87.7 Å². The summed E-state index contributed by atoms with van der Waals surface area (Å²) in [4.78, 5) is 23.1. The van der Waals surface area contributed by atoms with Crippen LogP contribution >= 0.6 is 11.8 Å². The molecule has 1 saturated heterocycles. The minimum Gasteiger partial charge on any atom is -0.497 e. The Bertz CT molecular complexity index is 501. The average Bonchev–Trinajstić information content (AvgIpc) is 2.92. The zero-order valence-electron chi connectivity index (χ0n) is 10.3. The molecule has 102 valence electrons. The first-order chi connectivity index (χ1) is 9.11. The van der Waals surface area contributed by atoms with Crippen molar-refractivity contribution in [2.75, 3.05) is 24.1 Å². The zero-order chi connectivity index (χ0) is 13.8. The van der Waals surface area contributed by atoms with Crippen LogP contribution in [0.25, 0.3) is 0 Å². The lowest BCUT2D eigenvalue weighted by molar-refractivity contribution is -0.117. The molecular weight excluding hydrogens is 268 g/mol. The molecule has 0 radical (unpaired) electrons. The Morgan fingerprint density at radius 2 is 2.32 bits per heavy atom. The number of nitrogens with one attached hydrogen (secondary N) is 2. The van der Waals surface area contributed by atoms with E-state index in [1.807, 2.05) is 0 Å². The summed E-state index contributed by atoms with van der Waals surface area (Å²) in [6.45, 7) is 0. The lowest BCUT2D eigenvalue weighted by atomic mass is 10.1. The Kier molecular flexibility index (Phi) is 4.28. The number of carboxylic acid groups (broad SMARTS) is 1. The normalized spacial score (nSPS) is 18.1. The molecule has 1 aromatic rings. The summed E-state index contributed by atoms with van der Waals surface area (Å²) in [7, 11) is 1.48. The summed E-state index contributed by atoms with van der Waals surface area (Å²) in [5, 5.41) is 14.8. The van der Waals surface area contributed by atoms with Crippen molar-refractivity contribution in [2.45, 2.75) is 6.04 Å². The molecule has 1 aliphatic heterocycles. The van der Waals surface area contributed by atoms with Crippen LogP contribution in [-0.2, 0) is 4.79 Å². The van der Waals surface area contributed by atoms with Crippen LogP contribution in [0, 0.1) is 0 Å². The van der Waals surface area contributed by atoms with Gasteiger partial charge in [0.05, 0.1) is 24.4 Å². The van der Waals surface area contributed by atoms with E-state index in [9.17, 15) is 9.59 Å². The van der Waals surface area contributed by atoms with Gasteiger partial charge in [-0.1, -0.05) is 0 Å². The average molecular weight is 282 g/mol. The van der Waals surface area contributed by atoms with Crippen LogP contribution in [0.15, 0.2) is 18.2 Å². The molecule has 1 amide bonds. The highest BCUT2D eigenvalue weighted by atomic mass is 32.2. The molecule has 1 fully saturated rings. The lowest BCUT2D eigenvalue weighted by Crippen LogP contribution is -2.37. The molecular formula is C12H14N2O4S. The number of thioether (sulfide) groups is 1. The van der Waals surface area contributed by atoms with Gasteiger partial charge in [-0.15, -0.1) is 11.8 Å². The minimum absolute atomic E-state index is 0.0415. The molecule has 7 heteroatoms. The summed E-state index contributed by atoms with van der Waals surface area (Å²) < 4.78 is 5.03. The number of carbonyl (C=O) groups is 2. The van der Waals surface area contributed by atoms with Gasteiger partial charge < -0.3 is 15.2 Å². The van der Waals surface area contributed by atoms with E-state index in [-0.39, 0.29) is 23.2 Å². The van der Waals surface area contributed by atoms with E-state index in [4.69, 9.17) is 9.84 Å². The number of carbonyl (C=O) groups excluding carboxylic acids is 1. The van der Waals surface area contributed by atoms with E-state index in [0.717, 1.165) is 5.88 Å². The number of hydrogen-bond donors (Lipinski definition) is 3. The number of aromatic carboxylic acids is 1. The van der Waals surface area contributed by atoms with Crippen LogP contribution < -0.4 is 15.4 Å². The molecule has 1 atom stereocenters. The lowest BCUT2D eigenvalue weighted by Gasteiger charge is -2.13. The Balaban J connectivity index is 2.21. The highest BCUT2D eigenvalue weighted by Gasteiger charge is 2.24. The molecule has 0 bridgehead atoms. The van der Waals surface area contributed by atoms with E-state index in [0.29, 0.717) is 11.5 Å². The second-order valence-electron chi connectivity index (χ2n) is 3.98. The summed E-state index contributed by atoms with van der Waals surface area (Å²) >= 11 is 1.63. The summed E-state index contributed by atoms with van der Waals surface area (Å²) in [5.74, 6) is 0.571. The van der Waals surface area contributed by atoms with Crippen LogP contribution in [0.1, 0.15) is 10.4 Å². The van der Waals surface area contributed by atoms with Crippen molar-refractivity contribution < 1.29 is 19.4 Å². The predicted molar refractivity (Wildman–Crippen MR) is 72.8 cm³/mol. The summed E-state index contributed by atoms with van der Waals surface area (Å²) in [5.41, 5.74) is 0.287. The van der Waals surface area contributed by atoms with Gasteiger partial charge in [0.25, 0.3) is 0 Å². The molecule has 0 aromatic heterocycles. The second kappa shape index (κ2) is 5.94. The van der Waals surface area contributed by atoms with Gasteiger partial charge in [0.1, 0.15) is 5.75 Å². The van der Waals surface area contributed by atoms with Crippen molar-refractivity contribution in [3.8, 4) is 5.75 Å². The standard InChI is InChI=1S/C12H14N2O4S/c1-18-7-2-3-8(12(16)17)9(4-7)14-11(15)10-5-19-6-13-10/h2-4,10,13H,5-6H2,1H3,(H,14,15)(H,16,17). The third kappa shape index (κ3) is 3.18. The van der Waals surface area contributed by atoms with E-state index in [1.54, 1.807) is 17.8 Å². The third-order valence-electron chi connectivity index (χ3n) is 2.75. The number of ether oxygens (including phenoxy) is 1. The molecule has 19 heavy (non-hydrogen) atoms. The van der Waals surface area contributed by atoms with Crippen molar-refractivity contribution in [1.82, 2.24) is 5.32 Å². The highest BCUT2D eigenvalue weighted by molar-refractivity contribution is 7.99. The molecule has 0 saturated carbocycles. The van der Waals surface area contributed by atoms with Crippen LogP contribution in [0.3, 0.4) is 0 Å². The Labute approximate surface area is 114 Å². The van der Waals surface area contributed by atoms with Crippen molar-refractivity contribution in [3.05, 3.63) is 23.8 Å². The zero-order valence-corrected chi connectivity index (χ0v) is 11.1. The molecule has 1 aromatic carbocycles. The highest BCUT2D eigenvalue weighted by Crippen LogP contribution is 2.23. The van der Waals surface area contributed by atoms with Gasteiger partial charge in [0, 0.05) is 17.7 Å². The minimum atomic E-state index is -1.09. The Hall–Kier alpha value is -1.73. The van der Waals surface area contributed by atoms with E-state index in [2.05, 4.69) is 10.6 Å². The number of anilines is 1. The van der Waals surface area contributed by atoms with Crippen LogP contribution in [-0.4, -0.2) is 41.8 Å². The molecule has 6 nitrogen and oxygen atoms in total. The largest absolute Gasteiger partial charge is 0.497 e. The Morgan fingerprint density at radius 1 is 1.53 bits per heavy atom. The summed E-state index contributed by atoms with van der Waals surface area (Å²) in [6.07, 6.45) is 0. The van der Waals surface area contributed by atoms with Crippen molar-refractivity contribution in [3.63, 3.8) is 0 Å². The second-order valence-corrected chi connectivity index (χ2v) is 5.01. The smallest absolute Gasteiger partial charge is 0.337 e. The maximum Gasteiger partial charge on any atom is 0.337 e. The summed E-state index contributed by atoms with van der Waals surface area (Å²) in [6, 6.07) is 4.16. The molecule has 1 unspecified atom stereocenters. The van der Waals surface area contributed by atoms with Crippen LogP contribution in [0.5, 0.6) is 5.75 Å². The maximum atomic E-state index is 12.0. The molecule has 0 spiro atoms. The SMILES string of the molecule is COc1ccc(C(=O)O)c(NC(=O)C2CSCN2)c1. The third-order valence-corrected chi connectivity index (χ3v) is 3.69. The fourth-order valence-corrected chi connectivity index (χ4v) is 2.67. The maximum absolute atomic E-state index is 12.0. The van der Waals surface area contributed by atoms with Gasteiger partial charge >= 0.3 is 5.97 Å². The first-order valence-electron chi connectivity index (χ1n) is 5.65. The van der Waals surface area contributed by atoms with Gasteiger partial charge in [0.15, 0.2) is 0 Å². The van der Waals surface area contributed by atoms with Gasteiger partial charge in [-0.3, -0.25) is 10.1 Å². The first kappa shape index (κ1) is 13.7. The molecule has 2 rings (SSSR count). The van der Waals surface area contributed by atoms with Gasteiger partial charge in [-0.25, -0.2) is 4.79 Å². The van der Waals surface area contributed by atoms with E-state index >= 15 is 0 Å². The van der Waals surface area contributed by atoms with E-state index in [1.165, 1.54) is 19.2 Å². The number of amides is 1. The van der Waals surface area contributed by atoms with Crippen LogP contribution in [0.2, 0.25) is 0 Å². The Morgan fingerprint density at radius 3 is 2.89 bits per heavy atom. The fourth-order valence-electron chi connectivity index (χ4n) is 1.72. The number of methoxy groups -OCH3 is 1. The molecule has 3 N–H and O–H groups in total. The van der Waals surface area contributed by atoms with Gasteiger partial charge in [-0.05, 0) is 12.1 Å². The van der Waals surface area contributed by atoms with Crippen molar-refractivity contribution in [2.24, 2.45) is 0 Å². The fraction of sp³-hybridized carbons (Fsp3) is 0.333. The number of rotatable bonds is 4. The van der Waals surface area contributed by atoms with Crippen molar-refractivity contribution >= 4 is 29.3 Å². The number of hydrogen-bond acceptors (Lipinski definition) is 5. The van der Waals surface area contributed by atoms with Gasteiger partial charge in [0.2, 0.25) is 5.91 Å². The molecule has 0 aliphatic carbocycles. The van der Waals surface area contributed by atoms with E-state index < -0.39 is 5.97 Å². The first-order valence-corrected chi connectivity index (χ1v) is 6.80. The number of benzene rings is 1.